The van der Waals surface area contributed by atoms with Crippen molar-refractivity contribution in [3.63, 3.8) is 0 Å². The summed E-state index contributed by atoms with van der Waals surface area (Å²) in [5.74, 6) is -0.498. The van der Waals surface area contributed by atoms with Crippen molar-refractivity contribution in [1.82, 2.24) is 19.9 Å². The van der Waals surface area contributed by atoms with Crippen LogP contribution in [-0.4, -0.2) is 43.5 Å². The molecule has 5 rings (SSSR count). The Hall–Kier alpha value is -2.95. The van der Waals surface area contributed by atoms with Crippen molar-refractivity contribution >= 4 is 16.9 Å². The van der Waals surface area contributed by atoms with Crippen LogP contribution in [0.3, 0.4) is 0 Å². The second kappa shape index (κ2) is 8.44. The van der Waals surface area contributed by atoms with Gasteiger partial charge in [-0.3, -0.25) is 0 Å². The fraction of sp³-hybridized carbons (Fsp3) is 0.391. The second-order valence-electron chi connectivity index (χ2n) is 8.51. The first-order chi connectivity index (χ1) is 15.9. The molecule has 33 heavy (non-hydrogen) atoms. The van der Waals surface area contributed by atoms with Gasteiger partial charge in [-0.15, -0.1) is 0 Å². The van der Waals surface area contributed by atoms with E-state index in [1.807, 2.05) is 0 Å². The Balaban J connectivity index is 1.44. The average Bonchev–Trinajstić information content (AvgIpc) is 3.35. The van der Waals surface area contributed by atoms with Crippen LogP contribution in [0.1, 0.15) is 41.1 Å². The fourth-order valence-corrected chi connectivity index (χ4v) is 4.94. The normalized spacial score (nSPS) is 22.7. The number of fused-ring (bicyclic) bond motifs is 2. The van der Waals surface area contributed by atoms with Crippen LogP contribution >= 0.6 is 0 Å². The van der Waals surface area contributed by atoms with Gasteiger partial charge in [-0.1, -0.05) is 6.08 Å². The van der Waals surface area contributed by atoms with E-state index in [0.717, 1.165) is 0 Å². The average molecular weight is 459 g/mol. The number of rotatable bonds is 5. The SMILES string of the molecule is Nc1ncnc2c1ccn2C1C=C(CCc2cc(C(F)F)c(F)c3c2CNCC3)C(O)C1O. The number of alkyl halides is 2. The van der Waals surface area contributed by atoms with Gasteiger partial charge in [0.15, 0.2) is 0 Å². The molecule has 5 N–H and O–H groups in total. The molecular weight excluding hydrogens is 435 g/mol. The number of aliphatic hydroxyl groups is 2. The van der Waals surface area contributed by atoms with E-state index >= 15 is 0 Å². The number of hydrogen-bond acceptors (Lipinski definition) is 6. The van der Waals surface area contributed by atoms with Gasteiger partial charge in [0.2, 0.25) is 0 Å². The summed E-state index contributed by atoms with van der Waals surface area (Å²) in [6, 6.07) is 2.42. The number of nitrogens with two attached hydrogens (primary N) is 1. The van der Waals surface area contributed by atoms with Gasteiger partial charge in [-0.05, 0) is 60.2 Å². The highest BCUT2D eigenvalue weighted by molar-refractivity contribution is 5.86. The third-order valence-electron chi connectivity index (χ3n) is 6.67. The Labute approximate surface area is 187 Å². The minimum atomic E-state index is -2.90. The van der Waals surface area contributed by atoms with Gasteiger partial charge in [-0.2, -0.15) is 0 Å². The third-order valence-corrected chi connectivity index (χ3v) is 6.67. The number of aromatic nitrogens is 3. The molecule has 3 unspecified atom stereocenters. The monoisotopic (exact) mass is 459 g/mol. The number of nitrogens with zero attached hydrogens (tertiary/aromatic N) is 3. The standard InChI is InChI=1S/C23H24F3N5O2/c24-18-13-3-5-28-9-16(13)11(7-15(18)21(25)26)1-2-12-8-17(20(33)19(12)32)31-6-4-14-22(27)29-10-30-23(14)31/h4,6-8,10,17,19-21,28,32-33H,1-3,5,9H2,(H2,27,29,30). The number of aryl methyl sites for hydroxylation is 1. The molecule has 2 aliphatic rings. The molecule has 1 aromatic carbocycles. The van der Waals surface area contributed by atoms with Crippen LogP contribution in [0.5, 0.6) is 0 Å². The molecule has 7 nitrogen and oxygen atoms in total. The Morgan fingerprint density at radius 3 is 2.82 bits per heavy atom. The van der Waals surface area contributed by atoms with Gasteiger partial charge < -0.3 is 25.8 Å². The Kier molecular flexibility index (Phi) is 5.59. The fourth-order valence-electron chi connectivity index (χ4n) is 4.94. The maximum absolute atomic E-state index is 14.6. The summed E-state index contributed by atoms with van der Waals surface area (Å²) < 4.78 is 43.2. The Morgan fingerprint density at radius 2 is 2.03 bits per heavy atom. The minimum absolute atomic E-state index is 0.320. The molecule has 0 saturated heterocycles. The number of anilines is 1. The van der Waals surface area contributed by atoms with Crippen LogP contribution in [0.4, 0.5) is 19.0 Å². The highest BCUT2D eigenvalue weighted by Gasteiger charge is 2.36. The van der Waals surface area contributed by atoms with E-state index in [1.54, 1.807) is 22.9 Å². The van der Waals surface area contributed by atoms with Crippen molar-refractivity contribution in [1.29, 1.82) is 0 Å². The van der Waals surface area contributed by atoms with Crippen molar-refractivity contribution < 1.29 is 23.4 Å². The van der Waals surface area contributed by atoms with Crippen LogP contribution < -0.4 is 11.1 Å². The van der Waals surface area contributed by atoms with E-state index in [2.05, 4.69) is 15.3 Å². The molecule has 0 saturated carbocycles. The number of nitrogens with one attached hydrogen (secondary N) is 1. The largest absolute Gasteiger partial charge is 0.388 e. The van der Waals surface area contributed by atoms with E-state index in [9.17, 15) is 23.4 Å². The Bertz CT molecular complexity index is 1240. The summed E-state index contributed by atoms with van der Waals surface area (Å²) in [4.78, 5) is 8.20. The molecule has 174 valence electrons. The molecule has 1 aliphatic heterocycles. The Morgan fingerprint density at radius 1 is 1.21 bits per heavy atom. The highest BCUT2D eigenvalue weighted by Crippen LogP contribution is 2.36. The van der Waals surface area contributed by atoms with E-state index in [-0.39, 0.29) is 0 Å². The van der Waals surface area contributed by atoms with Gasteiger partial charge in [0.1, 0.15) is 35.8 Å². The summed E-state index contributed by atoms with van der Waals surface area (Å²) >= 11 is 0. The second-order valence-corrected chi connectivity index (χ2v) is 8.51. The molecule has 2 aromatic heterocycles. The molecule has 3 aromatic rings. The molecule has 0 fully saturated rings. The van der Waals surface area contributed by atoms with Crippen molar-refractivity contribution in [2.45, 2.75) is 50.5 Å². The van der Waals surface area contributed by atoms with Crippen LogP contribution in [0, 0.1) is 5.82 Å². The molecule has 0 radical (unpaired) electrons. The summed E-state index contributed by atoms with van der Waals surface area (Å²) in [7, 11) is 0. The summed E-state index contributed by atoms with van der Waals surface area (Å²) in [5, 5.41) is 25.2. The van der Waals surface area contributed by atoms with E-state index in [4.69, 9.17) is 5.73 Å². The first-order valence-corrected chi connectivity index (χ1v) is 10.8. The van der Waals surface area contributed by atoms with Crippen molar-refractivity contribution in [3.8, 4) is 0 Å². The topological polar surface area (TPSA) is 109 Å². The molecule has 0 bridgehead atoms. The lowest BCUT2D eigenvalue weighted by Gasteiger charge is -2.23. The minimum Gasteiger partial charge on any atom is -0.388 e. The predicted octanol–water partition coefficient (Wildman–Crippen LogP) is 2.57. The number of halogens is 3. The van der Waals surface area contributed by atoms with Crippen LogP contribution in [-0.2, 0) is 19.4 Å². The van der Waals surface area contributed by atoms with E-state index in [0.29, 0.717) is 71.5 Å². The maximum Gasteiger partial charge on any atom is 0.266 e. The third kappa shape index (κ3) is 3.68. The van der Waals surface area contributed by atoms with Gasteiger partial charge in [0.05, 0.1) is 17.0 Å². The lowest BCUT2D eigenvalue weighted by Crippen LogP contribution is -2.29. The molecule has 3 heterocycles. The van der Waals surface area contributed by atoms with E-state index in [1.165, 1.54) is 12.4 Å². The van der Waals surface area contributed by atoms with Gasteiger partial charge in [0, 0.05) is 12.7 Å². The van der Waals surface area contributed by atoms with Crippen LogP contribution in [0.2, 0.25) is 0 Å². The zero-order valence-electron chi connectivity index (χ0n) is 17.7. The summed E-state index contributed by atoms with van der Waals surface area (Å²) in [5.41, 5.74) is 8.12. The van der Waals surface area contributed by atoms with Gasteiger partial charge >= 0.3 is 0 Å². The number of benzene rings is 1. The van der Waals surface area contributed by atoms with Gasteiger partial charge in [-0.25, -0.2) is 23.1 Å². The summed E-state index contributed by atoms with van der Waals surface area (Å²) in [6.07, 6.45) is 0.752. The summed E-state index contributed by atoms with van der Waals surface area (Å²) in [6.45, 7) is 0.946. The zero-order valence-corrected chi connectivity index (χ0v) is 17.7. The van der Waals surface area contributed by atoms with Crippen molar-refractivity contribution in [2.75, 3.05) is 12.3 Å². The molecular formula is C23H24F3N5O2. The molecule has 0 spiro atoms. The molecule has 1 aliphatic carbocycles. The van der Waals surface area contributed by atoms with Crippen LogP contribution in [0.15, 0.2) is 36.3 Å². The number of nitrogen functional groups attached to an aromatic ring is 1. The maximum atomic E-state index is 14.6. The lowest BCUT2D eigenvalue weighted by atomic mass is 9.89. The first-order valence-electron chi connectivity index (χ1n) is 10.8. The lowest BCUT2D eigenvalue weighted by molar-refractivity contribution is 0.0317. The predicted molar refractivity (Wildman–Crippen MR) is 116 cm³/mol. The van der Waals surface area contributed by atoms with E-state index < -0.39 is 36.1 Å². The van der Waals surface area contributed by atoms with Gasteiger partial charge in [0.25, 0.3) is 6.43 Å². The molecule has 10 heteroatoms. The smallest absolute Gasteiger partial charge is 0.266 e. The van der Waals surface area contributed by atoms with Crippen molar-refractivity contribution in [3.05, 3.63) is 64.4 Å². The first kappa shape index (κ1) is 21.9. The van der Waals surface area contributed by atoms with Crippen molar-refractivity contribution in [2.24, 2.45) is 0 Å². The number of hydrogen-bond donors (Lipinski definition) is 4. The highest BCUT2D eigenvalue weighted by atomic mass is 19.3. The quantitative estimate of drug-likeness (QED) is 0.437. The molecule has 0 amide bonds. The van der Waals surface area contributed by atoms with Crippen LogP contribution in [0.25, 0.3) is 11.0 Å². The number of aliphatic hydroxyl groups excluding tert-OH is 2. The molecule has 3 atom stereocenters. The zero-order chi connectivity index (χ0) is 23.3.